The van der Waals surface area contributed by atoms with Crippen molar-refractivity contribution in [1.29, 1.82) is 0 Å². The van der Waals surface area contributed by atoms with Crippen LogP contribution in [-0.2, 0) is 4.74 Å². The summed E-state index contributed by atoms with van der Waals surface area (Å²) in [7, 11) is 0. The Balaban J connectivity index is 3.62. The van der Waals surface area contributed by atoms with E-state index in [1.807, 2.05) is 20.8 Å². The quantitative estimate of drug-likeness (QED) is 0.659. The standard InChI is InChI=1S/C9H17F3O/c1-4-8(7(2)3)5-13-6-9(10,11)12/h7-8H,4-6H2,1-3H3. The monoisotopic (exact) mass is 198 g/mol. The van der Waals surface area contributed by atoms with Crippen LogP contribution in [-0.4, -0.2) is 19.4 Å². The van der Waals surface area contributed by atoms with Crippen LogP contribution in [0.3, 0.4) is 0 Å². The van der Waals surface area contributed by atoms with Crippen LogP contribution < -0.4 is 0 Å². The normalized spacial score (nSPS) is 15.0. The zero-order valence-corrected chi connectivity index (χ0v) is 8.32. The van der Waals surface area contributed by atoms with E-state index in [1.54, 1.807) is 0 Å². The average molecular weight is 198 g/mol. The summed E-state index contributed by atoms with van der Waals surface area (Å²) >= 11 is 0. The molecule has 0 saturated heterocycles. The maximum atomic E-state index is 11.7. The van der Waals surface area contributed by atoms with Crippen molar-refractivity contribution >= 4 is 0 Å². The van der Waals surface area contributed by atoms with Gasteiger partial charge in [0.25, 0.3) is 0 Å². The second-order valence-electron chi connectivity index (χ2n) is 3.54. The minimum Gasteiger partial charge on any atom is -0.372 e. The molecule has 4 heteroatoms. The van der Waals surface area contributed by atoms with Crippen molar-refractivity contribution in [1.82, 2.24) is 0 Å². The number of rotatable bonds is 5. The fourth-order valence-electron chi connectivity index (χ4n) is 1.11. The second kappa shape index (κ2) is 5.47. The van der Waals surface area contributed by atoms with Gasteiger partial charge >= 0.3 is 6.18 Å². The maximum Gasteiger partial charge on any atom is 0.411 e. The summed E-state index contributed by atoms with van der Waals surface area (Å²) in [6.45, 7) is 5.02. The number of alkyl halides is 3. The van der Waals surface area contributed by atoms with E-state index in [1.165, 1.54) is 0 Å². The fraction of sp³-hybridized carbons (Fsp3) is 1.00. The van der Waals surface area contributed by atoms with Crippen molar-refractivity contribution in [2.75, 3.05) is 13.2 Å². The van der Waals surface area contributed by atoms with Crippen LogP contribution in [0.4, 0.5) is 13.2 Å². The molecule has 1 atom stereocenters. The number of halogens is 3. The maximum absolute atomic E-state index is 11.7. The molecule has 13 heavy (non-hydrogen) atoms. The molecule has 0 aliphatic rings. The van der Waals surface area contributed by atoms with Crippen LogP contribution in [0.15, 0.2) is 0 Å². The molecule has 0 N–H and O–H groups in total. The SMILES string of the molecule is CCC(COCC(F)(F)F)C(C)C. The molecule has 0 fully saturated rings. The van der Waals surface area contributed by atoms with Gasteiger partial charge in [-0.2, -0.15) is 13.2 Å². The second-order valence-corrected chi connectivity index (χ2v) is 3.54. The summed E-state index contributed by atoms with van der Waals surface area (Å²) < 4.78 is 39.6. The predicted octanol–water partition coefficient (Wildman–Crippen LogP) is 3.25. The molecule has 0 spiro atoms. The molecule has 0 radical (unpaired) electrons. The first-order valence-electron chi connectivity index (χ1n) is 4.51. The first-order valence-corrected chi connectivity index (χ1v) is 4.51. The highest BCUT2D eigenvalue weighted by Crippen LogP contribution is 2.18. The molecule has 0 bridgehead atoms. The molecule has 0 aromatic heterocycles. The van der Waals surface area contributed by atoms with Gasteiger partial charge in [0.2, 0.25) is 0 Å². The summed E-state index contributed by atoms with van der Waals surface area (Å²) in [6.07, 6.45) is -3.34. The predicted molar refractivity (Wildman–Crippen MR) is 45.5 cm³/mol. The molecule has 80 valence electrons. The van der Waals surface area contributed by atoms with E-state index in [2.05, 4.69) is 4.74 Å². The van der Waals surface area contributed by atoms with Gasteiger partial charge in [-0.25, -0.2) is 0 Å². The third-order valence-electron chi connectivity index (χ3n) is 2.06. The van der Waals surface area contributed by atoms with Gasteiger partial charge in [0, 0.05) is 0 Å². The van der Waals surface area contributed by atoms with Gasteiger partial charge in [-0.15, -0.1) is 0 Å². The van der Waals surface area contributed by atoms with E-state index in [9.17, 15) is 13.2 Å². The number of ether oxygens (including phenoxy) is 1. The van der Waals surface area contributed by atoms with Crippen molar-refractivity contribution in [3.05, 3.63) is 0 Å². The van der Waals surface area contributed by atoms with Crippen molar-refractivity contribution in [2.24, 2.45) is 11.8 Å². The highest BCUT2D eigenvalue weighted by atomic mass is 19.4. The number of hydrogen-bond acceptors (Lipinski definition) is 1. The van der Waals surface area contributed by atoms with Gasteiger partial charge in [0.05, 0.1) is 6.61 Å². The van der Waals surface area contributed by atoms with Gasteiger partial charge in [-0.05, 0) is 11.8 Å². The van der Waals surface area contributed by atoms with Crippen molar-refractivity contribution in [2.45, 2.75) is 33.4 Å². The molecular formula is C9H17F3O. The van der Waals surface area contributed by atoms with Gasteiger partial charge in [0.15, 0.2) is 0 Å². The summed E-state index contributed by atoms with van der Waals surface area (Å²) in [5.41, 5.74) is 0. The summed E-state index contributed by atoms with van der Waals surface area (Å²) in [5.74, 6) is 0.598. The fourth-order valence-corrected chi connectivity index (χ4v) is 1.11. The van der Waals surface area contributed by atoms with E-state index in [0.29, 0.717) is 5.92 Å². The molecule has 0 amide bonds. The van der Waals surface area contributed by atoms with E-state index < -0.39 is 12.8 Å². The van der Waals surface area contributed by atoms with E-state index >= 15 is 0 Å². The van der Waals surface area contributed by atoms with Crippen LogP contribution in [0, 0.1) is 11.8 Å². The minimum absolute atomic E-state index is 0.202. The zero-order chi connectivity index (χ0) is 10.5. The first kappa shape index (κ1) is 12.8. The highest BCUT2D eigenvalue weighted by Gasteiger charge is 2.28. The lowest BCUT2D eigenvalue weighted by molar-refractivity contribution is -0.177. The Morgan fingerprint density at radius 1 is 1.23 bits per heavy atom. The van der Waals surface area contributed by atoms with Crippen LogP contribution in [0.5, 0.6) is 0 Å². The van der Waals surface area contributed by atoms with Gasteiger partial charge in [-0.1, -0.05) is 27.2 Å². The minimum atomic E-state index is -4.20. The molecule has 0 rings (SSSR count). The molecule has 1 unspecified atom stereocenters. The Labute approximate surface area is 77.3 Å². The van der Waals surface area contributed by atoms with Crippen LogP contribution >= 0.6 is 0 Å². The lowest BCUT2D eigenvalue weighted by Crippen LogP contribution is -2.22. The molecule has 1 nitrogen and oxygen atoms in total. The van der Waals surface area contributed by atoms with E-state index in [-0.39, 0.29) is 12.5 Å². The van der Waals surface area contributed by atoms with Crippen LogP contribution in [0.1, 0.15) is 27.2 Å². The molecule has 0 aromatic rings. The molecule has 0 aliphatic heterocycles. The molecule has 0 heterocycles. The first-order chi connectivity index (χ1) is 5.87. The smallest absolute Gasteiger partial charge is 0.372 e. The molecule has 0 saturated carbocycles. The Morgan fingerprint density at radius 2 is 1.77 bits per heavy atom. The topological polar surface area (TPSA) is 9.23 Å². The summed E-state index contributed by atoms with van der Waals surface area (Å²) in [6, 6.07) is 0. The van der Waals surface area contributed by atoms with Crippen molar-refractivity contribution < 1.29 is 17.9 Å². The van der Waals surface area contributed by atoms with Crippen molar-refractivity contribution in [3.63, 3.8) is 0 Å². The Kier molecular flexibility index (Phi) is 5.37. The zero-order valence-electron chi connectivity index (χ0n) is 8.32. The average Bonchev–Trinajstić information content (AvgIpc) is 1.95. The van der Waals surface area contributed by atoms with Crippen LogP contribution in [0.2, 0.25) is 0 Å². The third-order valence-corrected chi connectivity index (χ3v) is 2.06. The Bertz CT molecular complexity index is 131. The van der Waals surface area contributed by atoms with Gasteiger partial charge in [0.1, 0.15) is 6.61 Å². The molecule has 0 aliphatic carbocycles. The van der Waals surface area contributed by atoms with Gasteiger partial charge in [-0.3, -0.25) is 0 Å². The van der Waals surface area contributed by atoms with E-state index in [0.717, 1.165) is 6.42 Å². The lowest BCUT2D eigenvalue weighted by Gasteiger charge is -2.19. The molecular weight excluding hydrogens is 181 g/mol. The molecule has 0 aromatic carbocycles. The van der Waals surface area contributed by atoms with E-state index in [4.69, 9.17) is 0 Å². The van der Waals surface area contributed by atoms with Crippen LogP contribution in [0.25, 0.3) is 0 Å². The Hall–Kier alpha value is -0.250. The van der Waals surface area contributed by atoms with Crippen molar-refractivity contribution in [3.8, 4) is 0 Å². The summed E-state index contributed by atoms with van der Waals surface area (Å²) in [5, 5.41) is 0. The van der Waals surface area contributed by atoms with Gasteiger partial charge < -0.3 is 4.74 Å². The largest absolute Gasteiger partial charge is 0.411 e. The number of hydrogen-bond donors (Lipinski definition) is 0. The lowest BCUT2D eigenvalue weighted by atomic mass is 9.94. The summed E-state index contributed by atoms with van der Waals surface area (Å²) in [4.78, 5) is 0. The third kappa shape index (κ3) is 6.87. The highest BCUT2D eigenvalue weighted by molar-refractivity contribution is 4.60. The Morgan fingerprint density at radius 3 is 2.08 bits per heavy atom.